The Hall–Kier alpha value is -2.87. The van der Waals surface area contributed by atoms with Gasteiger partial charge in [0.25, 0.3) is 0 Å². The van der Waals surface area contributed by atoms with Crippen molar-refractivity contribution in [3.05, 3.63) is 70.6 Å². The highest BCUT2D eigenvalue weighted by Crippen LogP contribution is 2.34. The van der Waals surface area contributed by atoms with Gasteiger partial charge in [0.05, 0.1) is 11.8 Å². The SMILES string of the molecule is FC(F)(F)c1ccc(-c2nnc3n2N=CC(=Cc2ccccc2)S3)cc1. The van der Waals surface area contributed by atoms with Gasteiger partial charge in [0.2, 0.25) is 5.16 Å². The summed E-state index contributed by atoms with van der Waals surface area (Å²) in [7, 11) is 0. The Morgan fingerprint density at radius 3 is 2.35 bits per heavy atom. The molecule has 3 aromatic rings. The Bertz CT molecular complexity index is 990. The van der Waals surface area contributed by atoms with Crippen LogP contribution in [0.15, 0.2) is 69.8 Å². The number of hydrogen-bond donors (Lipinski definition) is 0. The van der Waals surface area contributed by atoms with E-state index in [0.29, 0.717) is 16.5 Å². The van der Waals surface area contributed by atoms with Crippen LogP contribution in [0, 0.1) is 0 Å². The second-order valence-electron chi connectivity index (χ2n) is 5.50. The number of allylic oxidation sites excluding steroid dienone is 1. The third-order valence-electron chi connectivity index (χ3n) is 3.70. The molecule has 1 aliphatic rings. The molecule has 1 aliphatic heterocycles. The molecular formula is C18H11F3N4S. The number of benzene rings is 2. The van der Waals surface area contributed by atoms with E-state index in [4.69, 9.17) is 0 Å². The van der Waals surface area contributed by atoms with Gasteiger partial charge >= 0.3 is 6.18 Å². The zero-order valence-corrected chi connectivity index (χ0v) is 14.0. The number of nitrogens with zero attached hydrogens (tertiary/aromatic N) is 4. The van der Waals surface area contributed by atoms with E-state index >= 15 is 0 Å². The monoisotopic (exact) mass is 372 g/mol. The maximum Gasteiger partial charge on any atom is 0.416 e. The molecule has 0 spiro atoms. The average molecular weight is 372 g/mol. The van der Waals surface area contributed by atoms with Gasteiger partial charge in [-0.15, -0.1) is 10.2 Å². The topological polar surface area (TPSA) is 43.1 Å². The van der Waals surface area contributed by atoms with Crippen LogP contribution in [-0.2, 0) is 6.18 Å². The lowest BCUT2D eigenvalue weighted by atomic mass is 10.1. The van der Waals surface area contributed by atoms with E-state index in [1.807, 2.05) is 36.4 Å². The van der Waals surface area contributed by atoms with Crippen LogP contribution < -0.4 is 0 Å². The Morgan fingerprint density at radius 2 is 1.65 bits per heavy atom. The summed E-state index contributed by atoms with van der Waals surface area (Å²) >= 11 is 1.40. The van der Waals surface area contributed by atoms with E-state index in [0.717, 1.165) is 22.6 Å². The fraction of sp³-hybridized carbons (Fsp3) is 0.0556. The van der Waals surface area contributed by atoms with Gasteiger partial charge in [-0.1, -0.05) is 42.5 Å². The standard InChI is InChI=1S/C18H11F3N4S/c19-18(20,21)14-8-6-13(7-9-14)16-23-24-17-25(16)22-11-15(26-17)10-12-4-2-1-3-5-12/h1-11H. The van der Waals surface area contributed by atoms with Crippen molar-refractivity contribution in [1.82, 2.24) is 14.9 Å². The lowest BCUT2D eigenvalue weighted by Gasteiger charge is -2.10. The zero-order chi connectivity index (χ0) is 18.1. The van der Waals surface area contributed by atoms with Crippen molar-refractivity contribution in [3.63, 3.8) is 0 Å². The average Bonchev–Trinajstić information content (AvgIpc) is 3.05. The van der Waals surface area contributed by atoms with Crippen molar-refractivity contribution in [1.29, 1.82) is 0 Å². The molecule has 8 heteroatoms. The van der Waals surface area contributed by atoms with Crippen molar-refractivity contribution >= 4 is 24.1 Å². The Morgan fingerprint density at radius 1 is 0.923 bits per heavy atom. The van der Waals surface area contributed by atoms with Crippen LogP contribution in [0.25, 0.3) is 17.5 Å². The van der Waals surface area contributed by atoms with Crippen LogP contribution in [0.1, 0.15) is 11.1 Å². The van der Waals surface area contributed by atoms with Crippen LogP contribution in [0.5, 0.6) is 0 Å². The van der Waals surface area contributed by atoms with E-state index in [9.17, 15) is 13.2 Å². The van der Waals surface area contributed by atoms with Gasteiger partial charge in [-0.3, -0.25) is 0 Å². The predicted molar refractivity (Wildman–Crippen MR) is 94.6 cm³/mol. The van der Waals surface area contributed by atoms with Crippen molar-refractivity contribution < 1.29 is 13.2 Å². The lowest BCUT2D eigenvalue weighted by molar-refractivity contribution is -0.137. The van der Waals surface area contributed by atoms with E-state index in [1.54, 1.807) is 6.21 Å². The number of rotatable bonds is 2. The summed E-state index contributed by atoms with van der Waals surface area (Å²) in [5.74, 6) is 0.399. The number of fused-ring (bicyclic) bond motifs is 1. The van der Waals surface area contributed by atoms with Crippen LogP contribution >= 0.6 is 11.8 Å². The molecule has 0 atom stereocenters. The fourth-order valence-electron chi connectivity index (χ4n) is 2.45. The highest BCUT2D eigenvalue weighted by Gasteiger charge is 2.30. The second-order valence-corrected chi connectivity index (χ2v) is 6.54. The molecule has 0 radical (unpaired) electrons. The summed E-state index contributed by atoms with van der Waals surface area (Å²) in [6, 6.07) is 14.6. The van der Waals surface area contributed by atoms with E-state index in [1.165, 1.54) is 28.6 Å². The molecule has 0 saturated heterocycles. The van der Waals surface area contributed by atoms with Gasteiger partial charge in [-0.2, -0.15) is 22.9 Å². The summed E-state index contributed by atoms with van der Waals surface area (Å²) < 4.78 is 39.6. The highest BCUT2D eigenvalue weighted by molar-refractivity contribution is 8.04. The van der Waals surface area contributed by atoms with Gasteiger partial charge in [0.1, 0.15) is 0 Å². The first-order chi connectivity index (χ1) is 12.5. The van der Waals surface area contributed by atoms with Crippen molar-refractivity contribution in [2.75, 3.05) is 0 Å². The third-order valence-corrected chi connectivity index (χ3v) is 4.60. The van der Waals surface area contributed by atoms with Crippen molar-refractivity contribution in [3.8, 4) is 11.4 Å². The first-order valence-electron chi connectivity index (χ1n) is 7.63. The molecule has 1 aromatic heterocycles. The zero-order valence-electron chi connectivity index (χ0n) is 13.2. The van der Waals surface area contributed by atoms with Gasteiger partial charge in [0, 0.05) is 10.5 Å². The summed E-state index contributed by atoms with van der Waals surface area (Å²) in [5.41, 5.74) is 0.855. The number of hydrogen-bond acceptors (Lipinski definition) is 4. The van der Waals surface area contributed by atoms with Crippen molar-refractivity contribution in [2.24, 2.45) is 5.10 Å². The van der Waals surface area contributed by atoms with Crippen LogP contribution in [0.3, 0.4) is 0 Å². The molecule has 4 nitrogen and oxygen atoms in total. The van der Waals surface area contributed by atoms with E-state index in [2.05, 4.69) is 15.3 Å². The molecule has 2 aromatic carbocycles. The Balaban J connectivity index is 1.62. The number of halogens is 3. The molecule has 4 rings (SSSR count). The number of alkyl halides is 3. The van der Waals surface area contributed by atoms with Gasteiger partial charge < -0.3 is 0 Å². The first kappa shape index (κ1) is 16.6. The summed E-state index contributed by atoms with van der Waals surface area (Å²) in [6.45, 7) is 0. The smallest absolute Gasteiger partial charge is 0.187 e. The molecular weight excluding hydrogens is 361 g/mol. The summed E-state index contributed by atoms with van der Waals surface area (Å²) in [4.78, 5) is 0.898. The minimum Gasteiger partial charge on any atom is -0.187 e. The molecule has 0 unspecified atom stereocenters. The number of aromatic nitrogens is 3. The molecule has 0 amide bonds. The molecule has 0 saturated carbocycles. The molecule has 0 fully saturated rings. The molecule has 0 N–H and O–H groups in total. The molecule has 0 aliphatic carbocycles. The highest BCUT2D eigenvalue weighted by atomic mass is 32.2. The van der Waals surface area contributed by atoms with Gasteiger partial charge in [0.15, 0.2) is 5.82 Å². The third kappa shape index (κ3) is 3.28. The molecule has 26 heavy (non-hydrogen) atoms. The minimum absolute atomic E-state index is 0.399. The first-order valence-corrected chi connectivity index (χ1v) is 8.44. The summed E-state index contributed by atoms with van der Waals surface area (Å²) in [5, 5.41) is 13.1. The predicted octanol–water partition coefficient (Wildman–Crippen LogP) is 4.94. The maximum atomic E-state index is 12.7. The number of thioether (sulfide) groups is 1. The quantitative estimate of drug-likeness (QED) is 0.640. The minimum atomic E-state index is -4.37. The Kier molecular flexibility index (Phi) is 4.12. The van der Waals surface area contributed by atoms with E-state index < -0.39 is 11.7 Å². The van der Waals surface area contributed by atoms with Crippen molar-refractivity contribution in [2.45, 2.75) is 11.3 Å². The maximum absolute atomic E-state index is 12.7. The van der Waals surface area contributed by atoms with Crippen LogP contribution in [0.2, 0.25) is 0 Å². The van der Waals surface area contributed by atoms with Crippen LogP contribution in [-0.4, -0.2) is 21.1 Å². The molecule has 0 bridgehead atoms. The van der Waals surface area contributed by atoms with E-state index in [-0.39, 0.29) is 0 Å². The van der Waals surface area contributed by atoms with Gasteiger partial charge in [-0.05, 0) is 35.5 Å². The molecule has 130 valence electrons. The normalized spacial score (nSPS) is 15.3. The lowest BCUT2D eigenvalue weighted by Crippen LogP contribution is -2.05. The Labute approximate surface area is 151 Å². The van der Waals surface area contributed by atoms with Crippen LogP contribution in [0.4, 0.5) is 13.2 Å². The fourth-order valence-corrected chi connectivity index (χ4v) is 3.26. The van der Waals surface area contributed by atoms with Gasteiger partial charge in [-0.25, -0.2) is 0 Å². The molecule has 2 heterocycles. The largest absolute Gasteiger partial charge is 0.416 e. The second kappa shape index (κ2) is 6.45. The summed E-state index contributed by atoms with van der Waals surface area (Å²) in [6.07, 6.45) is -0.709.